The zero-order valence-electron chi connectivity index (χ0n) is 13.3. The van der Waals surface area contributed by atoms with Gasteiger partial charge in [0.15, 0.2) is 0 Å². The molecule has 0 aromatic carbocycles. The Kier molecular flexibility index (Phi) is 6.13. The van der Waals surface area contributed by atoms with Gasteiger partial charge in [-0.05, 0) is 38.0 Å². The van der Waals surface area contributed by atoms with E-state index in [0.29, 0.717) is 17.6 Å². The Balaban J connectivity index is 2.60. The molecule has 0 spiro atoms. The minimum Gasteiger partial charge on any atom is -0.378 e. The third-order valence-electron chi connectivity index (χ3n) is 4.32. The molecule has 0 aromatic rings. The van der Waals surface area contributed by atoms with Crippen LogP contribution >= 0.6 is 0 Å². The zero-order valence-corrected chi connectivity index (χ0v) is 13.3. The molecule has 2 nitrogen and oxygen atoms in total. The maximum absolute atomic E-state index is 5.87. The molecule has 0 aliphatic carbocycles. The minimum atomic E-state index is 0.360. The molecule has 108 valence electrons. The van der Waals surface area contributed by atoms with Crippen molar-refractivity contribution in [3.8, 4) is 0 Å². The SMILES string of the molecule is CC(C)CC(C)CC1(CNC(C)C)CCOC1C. The van der Waals surface area contributed by atoms with Gasteiger partial charge in [0.2, 0.25) is 0 Å². The van der Waals surface area contributed by atoms with Crippen LogP contribution in [0.15, 0.2) is 0 Å². The molecule has 1 heterocycles. The predicted molar refractivity (Wildman–Crippen MR) is 78.8 cm³/mol. The average Bonchev–Trinajstić information content (AvgIpc) is 2.56. The standard InChI is InChI=1S/C16H33NO/c1-12(2)9-14(5)10-16(11-17-13(3)4)7-8-18-15(16)6/h12-15,17H,7-11H2,1-6H3. The molecule has 1 N–H and O–H groups in total. The zero-order chi connectivity index (χ0) is 13.8. The van der Waals surface area contributed by atoms with Crippen LogP contribution in [0.4, 0.5) is 0 Å². The normalized spacial score (nSPS) is 30.3. The lowest BCUT2D eigenvalue weighted by Gasteiger charge is -2.36. The Morgan fingerprint density at radius 1 is 1.22 bits per heavy atom. The van der Waals surface area contributed by atoms with Gasteiger partial charge < -0.3 is 10.1 Å². The van der Waals surface area contributed by atoms with E-state index in [4.69, 9.17) is 4.74 Å². The average molecular weight is 255 g/mol. The van der Waals surface area contributed by atoms with Crippen molar-refractivity contribution in [1.82, 2.24) is 5.32 Å². The Morgan fingerprint density at radius 2 is 1.89 bits per heavy atom. The molecule has 1 rings (SSSR count). The van der Waals surface area contributed by atoms with Gasteiger partial charge in [-0.1, -0.05) is 34.6 Å². The van der Waals surface area contributed by atoms with Crippen LogP contribution in [0.25, 0.3) is 0 Å². The summed E-state index contributed by atoms with van der Waals surface area (Å²) in [5.74, 6) is 1.59. The first-order valence-electron chi connectivity index (χ1n) is 7.70. The first-order chi connectivity index (χ1) is 8.35. The fourth-order valence-corrected chi connectivity index (χ4v) is 3.38. The maximum Gasteiger partial charge on any atom is 0.0616 e. The summed E-state index contributed by atoms with van der Waals surface area (Å²) < 4.78 is 5.87. The molecule has 1 fully saturated rings. The molecule has 1 aliphatic heterocycles. The molecule has 18 heavy (non-hydrogen) atoms. The van der Waals surface area contributed by atoms with E-state index in [2.05, 4.69) is 46.9 Å². The molecule has 0 bridgehead atoms. The number of nitrogens with one attached hydrogen (secondary N) is 1. The number of ether oxygens (including phenoxy) is 1. The van der Waals surface area contributed by atoms with E-state index in [1.165, 1.54) is 19.3 Å². The highest BCUT2D eigenvalue weighted by atomic mass is 16.5. The monoisotopic (exact) mass is 255 g/mol. The van der Waals surface area contributed by atoms with Crippen LogP contribution in [-0.4, -0.2) is 25.3 Å². The Morgan fingerprint density at radius 3 is 2.33 bits per heavy atom. The van der Waals surface area contributed by atoms with Crippen molar-refractivity contribution >= 4 is 0 Å². The van der Waals surface area contributed by atoms with E-state index in [1.807, 2.05) is 0 Å². The lowest BCUT2D eigenvalue weighted by molar-refractivity contribution is 0.0476. The molecule has 3 atom stereocenters. The van der Waals surface area contributed by atoms with Gasteiger partial charge in [0.05, 0.1) is 6.10 Å². The summed E-state index contributed by atoms with van der Waals surface area (Å²) in [6.07, 6.45) is 4.25. The van der Waals surface area contributed by atoms with Gasteiger partial charge in [0, 0.05) is 24.6 Å². The smallest absolute Gasteiger partial charge is 0.0616 e. The quantitative estimate of drug-likeness (QED) is 0.746. The minimum absolute atomic E-state index is 0.360. The Hall–Kier alpha value is -0.0800. The second-order valence-electron chi connectivity index (χ2n) is 7.10. The van der Waals surface area contributed by atoms with Gasteiger partial charge >= 0.3 is 0 Å². The second kappa shape index (κ2) is 6.91. The van der Waals surface area contributed by atoms with Crippen LogP contribution in [-0.2, 0) is 4.74 Å². The van der Waals surface area contributed by atoms with Crippen LogP contribution < -0.4 is 5.32 Å². The second-order valence-corrected chi connectivity index (χ2v) is 7.10. The Labute approximate surface area is 114 Å². The first kappa shape index (κ1) is 16.0. The van der Waals surface area contributed by atoms with Crippen molar-refractivity contribution in [2.75, 3.05) is 13.2 Å². The molecule has 0 saturated carbocycles. The van der Waals surface area contributed by atoms with E-state index in [0.717, 1.165) is 25.0 Å². The highest BCUT2D eigenvalue weighted by molar-refractivity contribution is 4.93. The van der Waals surface area contributed by atoms with E-state index in [1.54, 1.807) is 0 Å². The van der Waals surface area contributed by atoms with Gasteiger partial charge in [-0.15, -0.1) is 0 Å². The van der Waals surface area contributed by atoms with Gasteiger partial charge in [-0.3, -0.25) is 0 Å². The fourth-order valence-electron chi connectivity index (χ4n) is 3.38. The predicted octanol–water partition coefficient (Wildman–Crippen LogP) is 3.85. The summed E-state index contributed by atoms with van der Waals surface area (Å²) in [5, 5.41) is 3.64. The highest BCUT2D eigenvalue weighted by Gasteiger charge is 2.42. The van der Waals surface area contributed by atoms with Crippen molar-refractivity contribution in [2.45, 2.75) is 73.0 Å². The van der Waals surface area contributed by atoms with E-state index in [-0.39, 0.29) is 0 Å². The summed E-state index contributed by atoms with van der Waals surface area (Å²) in [5.41, 5.74) is 0.360. The number of hydrogen-bond acceptors (Lipinski definition) is 2. The van der Waals surface area contributed by atoms with Crippen molar-refractivity contribution in [3.05, 3.63) is 0 Å². The number of rotatable bonds is 7. The van der Waals surface area contributed by atoms with Gasteiger partial charge in [0.25, 0.3) is 0 Å². The molecule has 1 aliphatic rings. The molecule has 0 radical (unpaired) electrons. The van der Waals surface area contributed by atoms with Gasteiger partial charge in [-0.2, -0.15) is 0 Å². The molecule has 1 saturated heterocycles. The van der Waals surface area contributed by atoms with Crippen molar-refractivity contribution < 1.29 is 4.74 Å². The summed E-state index contributed by atoms with van der Waals surface area (Å²) in [4.78, 5) is 0. The lowest BCUT2D eigenvalue weighted by atomic mass is 9.73. The van der Waals surface area contributed by atoms with Crippen LogP contribution in [0.5, 0.6) is 0 Å². The van der Waals surface area contributed by atoms with Crippen molar-refractivity contribution in [1.29, 1.82) is 0 Å². The van der Waals surface area contributed by atoms with E-state index in [9.17, 15) is 0 Å². The van der Waals surface area contributed by atoms with E-state index < -0.39 is 0 Å². The molecule has 3 unspecified atom stereocenters. The molecule has 0 amide bonds. The van der Waals surface area contributed by atoms with Crippen molar-refractivity contribution in [2.24, 2.45) is 17.3 Å². The highest BCUT2D eigenvalue weighted by Crippen LogP contribution is 2.41. The van der Waals surface area contributed by atoms with Crippen LogP contribution in [0, 0.1) is 17.3 Å². The molecule has 0 aromatic heterocycles. The summed E-state index contributed by atoms with van der Waals surface area (Å²) in [7, 11) is 0. The summed E-state index contributed by atoms with van der Waals surface area (Å²) in [6, 6.07) is 0.565. The lowest BCUT2D eigenvalue weighted by Crippen LogP contribution is -2.43. The maximum atomic E-state index is 5.87. The summed E-state index contributed by atoms with van der Waals surface area (Å²) in [6.45, 7) is 15.8. The van der Waals surface area contributed by atoms with Gasteiger partial charge in [-0.25, -0.2) is 0 Å². The van der Waals surface area contributed by atoms with Crippen LogP contribution in [0.2, 0.25) is 0 Å². The van der Waals surface area contributed by atoms with Crippen molar-refractivity contribution in [3.63, 3.8) is 0 Å². The molecular formula is C16H33NO. The molecule has 2 heteroatoms. The third kappa shape index (κ3) is 4.55. The molecular weight excluding hydrogens is 222 g/mol. The van der Waals surface area contributed by atoms with Crippen LogP contribution in [0.3, 0.4) is 0 Å². The van der Waals surface area contributed by atoms with Crippen LogP contribution in [0.1, 0.15) is 60.8 Å². The third-order valence-corrected chi connectivity index (χ3v) is 4.32. The van der Waals surface area contributed by atoms with Gasteiger partial charge in [0.1, 0.15) is 0 Å². The fraction of sp³-hybridized carbons (Fsp3) is 1.00. The first-order valence-corrected chi connectivity index (χ1v) is 7.70. The van der Waals surface area contributed by atoms with E-state index >= 15 is 0 Å². The largest absolute Gasteiger partial charge is 0.378 e. The summed E-state index contributed by atoms with van der Waals surface area (Å²) >= 11 is 0. The number of hydrogen-bond donors (Lipinski definition) is 1. The Bertz CT molecular complexity index is 239. The topological polar surface area (TPSA) is 21.3 Å².